The van der Waals surface area contributed by atoms with Crippen LogP contribution in [0.2, 0.25) is 0 Å². The van der Waals surface area contributed by atoms with Crippen LogP contribution in [0.15, 0.2) is 28.9 Å². The van der Waals surface area contributed by atoms with Crippen molar-refractivity contribution in [2.45, 2.75) is 38.6 Å². The Morgan fingerprint density at radius 1 is 1.37 bits per heavy atom. The van der Waals surface area contributed by atoms with Gasteiger partial charge in [-0.25, -0.2) is 4.79 Å². The van der Waals surface area contributed by atoms with E-state index in [0.717, 1.165) is 40.5 Å². The first-order valence-corrected chi connectivity index (χ1v) is 9.84. The van der Waals surface area contributed by atoms with Crippen LogP contribution in [0, 0.1) is 6.92 Å². The molecule has 2 aromatic rings. The molecule has 1 aliphatic rings. The van der Waals surface area contributed by atoms with Gasteiger partial charge in [0.05, 0.1) is 12.2 Å². The lowest BCUT2D eigenvalue weighted by Crippen LogP contribution is -2.40. The molecular formula is C19H24BrN5O2. The maximum atomic E-state index is 12.2. The summed E-state index contributed by atoms with van der Waals surface area (Å²) in [6.07, 6.45) is 4.95. The van der Waals surface area contributed by atoms with Gasteiger partial charge >= 0.3 is 6.03 Å². The van der Waals surface area contributed by atoms with Gasteiger partial charge in [-0.1, -0.05) is 15.9 Å². The van der Waals surface area contributed by atoms with Gasteiger partial charge in [0, 0.05) is 41.4 Å². The smallest absolute Gasteiger partial charge is 0.315 e. The number of aromatic nitrogens is 2. The zero-order valence-corrected chi connectivity index (χ0v) is 17.1. The SMILES string of the molecule is Cc1cc(Br)ccc1NC(=O)CCNC(=O)NC1CCCc2c1cnn2C. The largest absolute Gasteiger partial charge is 0.338 e. The lowest BCUT2D eigenvalue weighted by atomic mass is 9.93. The molecule has 0 fully saturated rings. The van der Waals surface area contributed by atoms with E-state index < -0.39 is 0 Å². The first-order chi connectivity index (χ1) is 12.9. The average molecular weight is 434 g/mol. The normalized spacial score (nSPS) is 15.7. The molecule has 1 aromatic carbocycles. The van der Waals surface area contributed by atoms with E-state index in [0.29, 0.717) is 0 Å². The fraction of sp³-hybridized carbons (Fsp3) is 0.421. The lowest BCUT2D eigenvalue weighted by molar-refractivity contribution is -0.116. The fourth-order valence-corrected chi connectivity index (χ4v) is 3.81. The van der Waals surface area contributed by atoms with Gasteiger partial charge in [-0.15, -0.1) is 0 Å². The number of rotatable bonds is 5. The van der Waals surface area contributed by atoms with Gasteiger partial charge in [0.1, 0.15) is 0 Å². The summed E-state index contributed by atoms with van der Waals surface area (Å²) in [6, 6.07) is 5.39. The number of hydrogen-bond acceptors (Lipinski definition) is 3. The van der Waals surface area contributed by atoms with Crippen molar-refractivity contribution < 1.29 is 9.59 Å². The summed E-state index contributed by atoms with van der Waals surface area (Å²) in [7, 11) is 1.92. The summed E-state index contributed by atoms with van der Waals surface area (Å²) >= 11 is 3.40. The molecule has 0 radical (unpaired) electrons. The van der Waals surface area contributed by atoms with Crippen molar-refractivity contribution in [1.29, 1.82) is 0 Å². The number of aryl methyl sites for hydroxylation is 2. The Morgan fingerprint density at radius 2 is 2.19 bits per heavy atom. The van der Waals surface area contributed by atoms with Gasteiger partial charge in [-0.05, 0) is 49.9 Å². The van der Waals surface area contributed by atoms with Crippen LogP contribution in [0.1, 0.15) is 42.1 Å². The molecule has 0 saturated carbocycles. The number of amides is 3. The third-order valence-electron chi connectivity index (χ3n) is 4.78. The Hall–Kier alpha value is -2.35. The minimum atomic E-state index is -0.260. The predicted octanol–water partition coefficient (Wildman–Crippen LogP) is 3.20. The van der Waals surface area contributed by atoms with E-state index >= 15 is 0 Å². The van der Waals surface area contributed by atoms with Crippen LogP contribution in [0.5, 0.6) is 0 Å². The minimum absolute atomic E-state index is 0.0262. The zero-order chi connectivity index (χ0) is 19.4. The van der Waals surface area contributed by atoms with Crippen LogP contribution >= 0.6 is 15.9 Å². The third kappa shape index (κ3) is 4.88. The molecule has 7 nitrogen and oxygen atoms in total. The maximum Gasteiger partial charge on any atom is 0.315 e. The second-order valence-electron chi connectivity index (χ2n) is 6.77. The highest BCUT2D eigenvalue weighted by Crippen LogP contribution is 2.28. The Balaban J connectivity index is 1.44. The lowest BCUT2D eigenvalue weighted by Gasteiger charge is -2.23. The molecule has 8 heteroatoms. The number of hydrogen-bond donors (Lipinski definition) is 3. The second-order valence-corrected chi connectivity index (χ2v) is 7.69. The van der Waals surface area contributed by atoms with Crippen molar-refractivity contribution in [3.8, 4) is 0 Å². The quantitative estimate of drug-likeness (QED) is 0.676. The molecule has 144 valence electrons. The molecule has 3 rings (SSSR count). The molecule has 1 heterocycles. The number of halogens is 1. The molecule has 0 aliphatic heterocycles. The monoisotopic (exact) mass is 433 g/mol. The fourth-order valence-electron chi connectivity index (χ4n) is 3.34. The molecule has 27 heavy (non-hydrogen) atoms. The topological polar surface area (TPSA) is 88.1 Å². The van der Waals surface area contributed by atoms with Crippen LogP contribution in [-0.4, -0.2) is 28.3 Å². The Morgan fingerprint density at radius 3 is 2.96 bits per heavy atom. The first kappa shape index (κ1) is 19.4. The van der Waals surface area contributed by atoms with Gasteiger partial charge in [0.2, 0.25) is 5.91 Å². The van der Waals surface area contributed by atoms with Crippen LogP contribution in [-0.2, 0) is 18.3 Å². The molecule has 1 aliphatic carbocycles. The van der Waals surface area contributed by atoms with Crippen molar-refractivity contribution >= 4 is 33.6 Å². The number of nitrogens with zero attached hydrogens (tertiary/aromatic N) is 2. The average Bonchev–Trinajstić information content (AvgIpc) is 3.00. The molecule has 0 bridgehead atoms. The number of fused-ring (bicyclic) bond motifs is 1. The predicted molar refractivity (Wildman–Crippen MR) is 108 cm³/mol. The molecule has 3 amide bonds. The summed E-state index contributed by atoms with van der Waals surface area (Å²) in [5, 5.41) is 12.9. The molecule has 0 saturated heterocycles. The number of benzene rings is 1. The van der Waals surface area contributed by atoms with Crippen LogP contribution in [0.25, 0.3) is 0 Å². The molecular weight excluding hydrogens is 410 g/mol. The summed E-state index contributed by atoms with van der Waals surface area (Å²) in [5.41, 5.74) is 4.02. The molecule has 0 spiro atoms. The van der Waals surface area contributed by atoms with Crippen molar-refractivity contribution in [3.63, 3.8) is 0 Å². The first-order valence-electron chi connectivity index (χ1n) is 9.05. The summed E-state index contributed by atoms with van der Waals surface area (Å²) in [6.45, 7) is 2.21. The zero-order valence-electron chi connectivity index (χ0n) is 15.5. The van der Waals surface area contributed by atoms with Crippen LogP contribution < -0.4 is 16.0 Å². The summed E-state index contributed by atoms with van der Waals surface area (Å²) in [5.74, 6) is -0.132. The molecule has 1 unspecified atom stereocenters. The molecule has 1 atom stereocenters. The van der Waals surface area contributed by atoms with Crippen molar-refractivity contribution in [2.24, 2.45) is 7.05 Å². The highest BCUT2D eigenvalue weighted by atomic mass is 79.9. The standard InChI is InChI=1S/C19H24BrN5O2/c1-12-10-13(20)6-7-15(12)23-18(26)8-9-21-19(27)24-16-4-3-5-17-14(16)11-22-25(17)2/h6-7,10-11,16H,3-5,8-9H2,1-2H3,(H,23,26)(H2,21,24,27). The molecule has 1 aromatic heterocycles. The Bertz CT molecular complexity index is 849. The van der Waals surface area contributed by atoms with Crippen molar-refractivity contribution in [2.75, 3.05) is 11.9 Å². The van der Waals surface area contributed by atoms with E-state index in [9.17, 15) is 9.59 Å². The van der Waals surface area contributed by atoms with Crippen molar-refractivity contribution in [3.05, 3.63) is 45.7 Å². The highest BCUT2D eigenvalue weighted by Gasteiger charge is 2.24. The van der Waals surface area contributed by atoms with Crippen molar-refractivity contribution in [1.82, 2.24) is 20.4 Å². The van der Waals surface area contributed by atoms with E-state index in [1.54, 1.807) is 0 Å². The van der Waals surface area contributed by atoms with E-state index in [2.05, 4.69) is 37.0 Å². The van der Waals surface area contributed by atoms with Gasteiger partial charge in [0.15, 0.2) is 0 Å². The van der Waals surface area contributed by atoms with E-state index in [4.69, 9.17) is 0 Å². The summed E-state index contributed by atoms with van der Waals surface area (Å²) in [4.78, 5) is 24.3. The number of anilines is 1. The minimum Gasteiger partial charge on any atom is -0.338 e. The van der Waals surface area contributed by atoms with Gasteiger partial charge in [-0.3, -0.25) is 9.48 Å². The van der Waals surface area contributed by atoms with Crippen LogP contribution in [0.3, 0.4) is 0 Å². The number of urea groups is 1. The summed E-state index contributed by atoms with van der Waals surface area (Å²) < 4.78 is 2.84. The number of carbonyl (C=O) groups is 2. The number of nitrogens with one attached hydrogen (secondary N) is 3. The van der Waals surface area contributed by atoms with E-state index in [-0.39, 0.29) is 30.9 Å². The Labute approximate surface area is 167 Å². The second kappa shape index (κ2) is 8.56. The number of carbonyl (C=O) groups excluding carboxylic acids is 2. The van der Waals surface area contributed by atoms with E-state index in [1.165, 1.54) is 5.69 Å². The van der Waals surface area contributed by atoms with Crippen LogP contribution in [0.4, 0.5) is 10.5 Å². The highest BCUT2D eigenvalue weighted by molar-refractivity contribution is 9.10. The Kier molecular flexibility index (Phi) is 6.15. The maximum absolute atomic E-state index is 12.2. The third-order valence-corrected chi connectivity index (χ3v) is 5.27. The van der Waals surface area contributed by atoms with E-state index in [1.807, 2.05) is 43.0 Å². The van der Waals surface area contributed by atoms with Gasteiger partial charge in [-0.2, -0.15) is 5.10 Å². The molecule has 3 N–H and O–H groups in total. The van der Waals surface area contributed by atoms with Gasteiger partial charge in [0.25, 0.3) is 0 Å². The van der Waals surface area contributed by atoms with Gasteiger partial charge < -0.3 is 16.0 Å².